The Labute approximate surface area is 153 Å². The number of benzene rings is 1. The predicted molar refractivity (Wildman–Crippen MR) is 96.8 cm³/mol. The Hall–Kier alpha value is -2.12. The predicted octanol–water partition coefficient (Wildman–Crippen LogP) is 1.89. The molecule has 0 bridgehead atoms. The van der Waals surface area contributed by atoms with Crippen LogP contribution < -0.4 is 10.6 Å². The molecule has 1 aromatic carbocycles. The monoisotopic (exact) mass is 364 g/mol. The summed E-state index contributed by atoms with van der Waals surface area (Å²) in [5.41, 5.74) is 0.446. The van der Waals surface area contributed by atoms with E-state index in [0.29, 0.717) is 11.1 Å². The second kappa shape index (κ2) is 8.51. The quantitative estimate of drug-likeness (QED) is 0.591. The highest BCUT2D eigenvalue weighted by atomic mass is 16.6. The number of alkyl carbamates (subject to hydrolysis) is 1. The number of rotatable bonds is 7. The van der Waals surface area contributed by atoms with Crippen LogP contribution in [0.2, 0.25) is 0 Å². The van der Waals surface area contributed by atoms with Gasteiger partial charge in [-0.1, -0.05) is 12.1 Å². The maximum atomic E-state index is 11.9. The molecule has 144 valence electrons. The Morgan fingerprint density at radius 1 is 1.19 bits per heavy atom. The van der Waals surface area contributed by atoms with E-state index >= 15 is 0 Å². The minimum Gasteiger partial charge on any atom is -0.444 e. The van der Waals surface area contributed by atoms with Gasteiger partial charge in [-0.15, -0.1) is 0 Å². The van der Waals surface area contributed by atoms with Gasteiger partial charge in [0.05, 0.1) is 6.10 Å². The fourth-order valence-corrected chi connectivity index (χ4v) is 2.34. The normalized spacial score (nSPS) is 16.5. The van der Waals surface area contributed by atoms with Crippen LogP contribution in [0.15, 0.2) is 24.3 Å². The summed E-state index contributed by atoms with van der Waals surface area (Å²) in [6.45, 7) is 5.47. The summed E-state index contributed by atoms with van der Waals surface area (Å²) in [4.78, 5) is 23.5. The maximum Gasteiger partial charge on any atom is 0.407 e. The van der Waals surface area contributed by atoms with E-state index < -0.39 is 23.9 Å². The molecule has 7 nitrogen and oxygen atoms in total. The number of amides is 2. The first-order valence-corrected chi connectivity index (χ1v) is 8.89. The summed E-state index contributed by atoms with van der Waals surface area (Å²) in [5, 5.41) is 25.8. The summed E-state index contributed by atoms with van der Waals surface area (Å²) in [6.07, 6.45) is -0.500. The Morgan fingerprint density at radius 2 is 1.81 bits per heavy atom. The smallest absolute Gasteiger partial charge is 0.407 e. The molecule has 0 aliphatic heterocycles. The molecule has 0 aromatic heterocycles. The molecule has 2 amide bonds. The third-order valence-corrected chi connectivity index (χ3v) is 3.90. The van der Waals surface area contributed by atoms with E-state index in [1.807, 2.05) is 0 Å². The van der Waals surface area contributed by atoms with Crippen LogP contribution in [0.3, 0.4) is 0 Å². The van der Waals surface area contributed by atoms with Gasteiger partial charge in [0.1, 0.15) is 11.7 Å². The minimum atomic E-state index is -1.10. The molecule has 2 unspecified atom stereocenters. The van der Waals surface area contributed by atoms with E-state index in [0.717, 1.165) is 12.8 Å². The molecule has 0 heterocycles. The van der Waals surface area contributed by atoms with E-state index in [9.17, 15) is 19.8 Å². The van der Waals surface area contributed by atoms with Crippen molar-refractivity contribution in [3.05, 3.63) is 35.4 Å². The summed E-state index contributed by atoms with van der Waals surface area (Å²) >= 11 is 0. The summed E-state index contributed by atoms with van der Waals surface area (Å²) in [5.74, 6) is -0.129. The lowest BCUT2D eigenvalue weighted by atomic mass is 10.0. The SMILES string of the molecule is CC(C)(C)OC(=O)NCCC(O)C(O)c1ccc(C(=O)NC2CC2)cc1. The fourth-order valence-electron chi connectivity index (χ4n) is 2.34. The molecule has 7 heteroatoms. The van der Waals surface area contributed by atoms with Crippen LogP contribution in [-0.4, -0.2) is 46.5 Å². The zero-order valence-electron chi connectivity index (χ0n) is 15.5. The molecule has 1 fully saturated rings. The molecule has 1 aromatic rings. The van der Waals surface area contributed by atoms with Crippen LogP contribution in [0, 0.1) is 0 Å². The first-order valence-electron chi connectivity index (χ1n) is 8.89. The van der Waals surface area contributed by atoms with Gasteiger partial charge in [0.25, 0.3) is 5.91 Å². The topological polar surface area (TPSA) is 108 Å². The van der Waals surface area contributed by atoms with E-state index in [1.165, 1.54) is 0 Å². The van der Waals surface area contributed by atoms with Gasteiger partial charge in [-0.05, 0) is 57.7 Å². The standard InChI is InChI=1S/C19H28N2O5/c1-19(2,3)26-18(25)20-11-10-15(22)16(23)12-4-6-13(7-5-12)17(24)21-14-8-9-14/h4-7,14-16,22-23H,8-11H2,1-3H3,(H,20,25)(H,21,24). The lowest BCUT2D eigenvalue weighted by Crippen LogP contribution is -2.34. The zero-order valence-corrected chi connectivity index (χ0v) is 15.5. The minimum absolute atomic E-state index is 0.129. The van der Waals surface area contributed by atoms with Crippen molar-refractivity contribution in [3.63, 3.8) is 0 Å². The number of hydrogen-bond acceptors (Lipinski definition) is 5. The second-order valence-corrected chi connectivity index (χ2v) is 7.60. The average Bonchev–Trinajstić information content (AvgIpc) is 3.36. The average molecular weight is 364 g/mol. The van der Waals surface area contributed by atoms with Crippen LogP contribution in [0.5, 0.6) is 0 Å². The van der Waals surface area contributed by atoms with Crippen LogP contribution in [0.1, 0.15) is 62.1 Å². The highest BCUT2D eigenvalue weighted by Crippen LogP contribution is 2.21. The molecule has 1 saturated carbocycles. The van der Waals surface area contributed by atoms with Crippen molar-refractivity contribution in [3.8, 4) is 0 Å². The number of nitrogens with one attached hydrogen (secondary N) is 2. The Bertz CT molecular complexity index is 620. The van der Waals surface area contributed by atoms with Gasteiger partial charge in [0.2, 0.25) is 0 Å². The largest absolute Gasteiger partial charge is 0.444 e. The summed E-state index contributed by atoms with van der Waals surface area (Å²) in [7, 11) is 0. The van der Waals surface area contributed by atoms with Crippen molar-refractivity contribution in [2.75, 3.05) is 6.54 Å². The molecular weight excluding hydrogens is 336 g/mol. The van der Waals surface area contributed by atoms with Crippen molar-refractivity contribution in [1.29, 1.82) is 0 Å². The molecule has 1 aliphatic carbocycles. The van der Waals surface area contributed by atoms with Gasteiger partial charge in [0, 0.05) is 18.2 Å². The van der Waals surface area contributed by atoms with Gasteiger partial charge in [-0.3, -0.25) is 4.79 Å². The number of carbonyl (C=O) groups is 2. The zero-order chi connectivity index (χ0) is 19.3. The van der Waals surface area contributed by atoms with E-state index in [1.54, 1.807) is 45.0 Å². The number of aliphatic hydroxyl groups is 2. The van der Waals surface area contributed by atoms with Gasteiger partial charge in [-0.2, -0.15) is 0 Å². The Morgan fingerprint density at radius 3 is 2.35 bits per heavy atom. The number of carbonyl (C=O) groups excluding carboxylic acids is 2. The molecule has 4 N–H and O–H groups in total. The van der Waals surface area contributed by atoms with Crippen molar-refractivity contribution < 1.29 is 24.5 Å². The van der Waals surface area contributed by atoms with Crippen molar-refractivity contribution in [2.24, 2.45) is 0 Å². The number of aliphatic hydroxyl groups excluding tert-OH is 2. The molecule has 1 aliphatic rings. The molecule has 2 rings (SSSR count). The van der Waals surface area contributed by atoms with Gasteiger partial charge in [-0.25, -0.2) is 4.79 Å². The van der Waals surface area contributed by atoms with Crippen molar-refractivity contribution in [2.45, 2.75) is 63.9 Å². The van der Waals surface area contributed by atoms with Gasteiger partial charge in [0.15, 0.2) is 0 Å². The molecule has 2 atom stereocenters. The van der Waals surface area contributed by atoms with Gasteiger partial charge >= 0.3 is 6.09 Å². The Balaban J connectivity index is 1.78. The molecular formula is C19H28N2O5. The van der Waals surface area contributed by atoms with Crippen LogP contribution >= 0.6 is 0 Å². The van der Waals surface area contributed by atoms with Crippen LogP contribution in [0.4, 0.5) is 4.79 Å². The molecule has 0 spiro atoms. The maximum absolute atomic E-state index is 11.9. The molecule has 0 radical (unpaired) electrons. The third kappa shape index (κ3) is 6.65. The van der Waals surface area contributed by atoms with Gasteiger partial charge < -0.3 is 25.6 Å². The second-order valence-electron chi connectivity index (χ2n) is 7.60. The van der Waals surface area contributed by atoms with Crippen LogP contribution in [0.25, 0.3) is 0 Å². The Kier molecular flexibility index (Phi) is 6.61. The molecule has 0 saturated heterocycles. The number of hydrogen-bond donors (Lipinski definition) is 4. The summed E-state index contributed by atoms with van der Waals surface area (Å²) in [6, 6.07) is 6.78. The number of ether oxygens (including phenoxy) is 1. The lowest BCUT2D eigenvalue weighted by Gasteiger charge is -2.21. The summed E-state index contributed by atoms with van der Waals surface area (Å²) < 4.78 is 5.10. The van der Waals surface area contributed by atoms with E-state index in [-0.39, 0.29) is 24.9 Å². The highest BCUT2D eigenvalue weighted by Gasteiger charge is 2.24. The first-order chi connectivity index (χ1) is 12.2. The van der Waals surface area contributed by atoms with Crippen LogP contribution in [-0.2, 0) is 4.74 Å². The fraction of sp³-hybridized carbons (Fsp3) is 0.579. The van der Waals surface area contributed by atoms with E-state index in [4.69, 9.17) is 4.74 Å². The third-order valence-electron chi connectivity index (χ3n) is 3.90. The molecule has 26 heavy (non-hydrogen) atoms. The first kappa shape index (κ1) is 20.2. The van der Waals surface area contributed by atoms with E-state index in [2.05, 4.69) is 10.6 Å². The van der Waals surface area contributed by atoms with Crippen molar-refractivity contribution in [1.82, 2.24) is 10.6 Å². The lowest BCUT2D eigenvalue weighted by molar-refractivity contribution is 0.0123. The van der Waals surface area contributed by atoms with Crippen molar-refractivity contribution >= 4 is 12.0 Å². The highest BCUT2D eigenvalue weighted by molar-refractivity contribution is 5.94.